The molecular weight excluding hydrogens is 338 g/mol. The van der Waals surface area contributed by atoms with Crippen LogP contribution in [0.1, 0.15) is 71.6 Å². The number of carbonyl (C=O) groups excluding carboxylic acids is 1. The lowest BCUT2D eigenvalue weighted by atomic mass is 9.48. The zero-order valence-corrected chi connectivity index (χ0v) is 15.7. The third-order valence-electron chi connectivity index (χ3n) is 6.51. The second kappa shape index (κ2) is 5.22. The SMILES string of the molecule is CC(C)CN(C(=O)CC12CC3CC(CC(Br)(C3)C1)C2)C1CC1. The molecule has 2 atom stereocenters. The van der Waals surface area contributed by atoms with E-state index in [4.69, 9.17) is 0 Å². The Morgan fingerprint density at radius 1 is 1.18 bits per heavy atom. The number of rotatable bonds is 5. The Balaban J connectivity index is 1.49. The minimum absolute atomic E-state index is 0.328. The number of amides is 1. The molecule has 5 saturated carbocycles. The van der Waals surface area contributed by atoms with E-state index < -0.39 is 0 Å². The van der Waals surface area contributed by atoms with Gasteiger partial charge in [0.05, 0.1) is 0 Å². The van der Waals surface area contributed by atoms with Crippen molar-refractivity contribution in [3.63, 3.8) is 0 Å². The molecule has 5 aliphatic rings. The first-order valence-corrected chi connectivity index (χ1v) is 10.1. The number of hydrogen-bond acceptors (Lipinski definition) is 1. The van der Waals surface area contributed by atoms with E-state index in [9.17, 15) is 4.79 Å². The van der Waals surface area contributed by atoms with Crippen molar-refractivity contribution in [1.82, 2.24) is 4.90 Å². The molecule has 0 aromatic heterocycles. The summed E-state index contributed by atoms with van der Waals surface area (Å²) in [6, 6.07) is 0.571. The minimum atomic E-state index is 0.328. The van der Waals surface area contributed by atoms with Gasteiger partial charge in [-0.1, -0.05) is 29.8 Å². The maximum atomic E-state index is 13.1. The van der Waals surface area contributed by atoms with E-state index in [0.29, 0.717) is 27.6 Å². The van der Waals surface area contributed by atoms with Crippen molar-refractivity contribution in [3.05, 3.63) is 0 Å². The van der Waals surface area contributed by atoms with Gasteiger partial charge in [-0.3, -0.25) is 4.79 Å². The second-order valence-electron chi connectivity index (χ2n) is 9.46. The molecule has 0 saturated heterocycles. The molecule has 1 amide bonds. The molecule has 0 aromatic rings. The molecule has 0 aromatic carbocycles. The Morgan fingerprint density at radius 3 is 2.32 bits per heavy atom. The number of carbonyl (C=O) groups is 1. The van der Waals surface area contributed by atoms with Gasteiger partial charge in [-0.25, -0.2) is 0 Å². The number of nitrogens with zero attached hydrogens (tertiary/aromatic N) is 1. The van der Waals surface area contributed by atoms with Crippen LogP contribution in [0.2, 0.25) is 0 Å². The lowest BCUT2D eigenvalue weighted by Gasteiger charge is -2.60. The third kappa shape index (κ3) is 2.87. The van der Waals surface area contributed by atoms with Gasteiger partial charge in [-0.05, 0) is 74.5 Å². The molecule has 124 valence electrons. The topological polar surface area (TPSA) is 20.3 Å². The Bertz CT molecular complexity index is 456. The number of hydrogen-bond donors (Lipinski definition) is 0. The van der Waals surface area contributed by atoms with E-state index in [2.05, 4.69) is 34.7 Å². The molecule has 0 heterocycles. The standard InChI is InChI=1S/C19H30BrNO/c1-13(2)11-21(16-3-4-16)17(22)10-18-6-14-5-15(7-18)9-19(20,8-14)12-18/h13-16H,3-12H2,1-2H3. The van der Waals surface area contributed by atoms with Crippen molar-refractivity contribution in [2.75, 3.05) is 6.54 Å². The Morgan fingerprint density at radius 2 is 1.82 bits per heavy atom. The van der Waals surface area contributed by atoms with Crippen LogP contribution in [-0.4, -0.2) is 27.7 Å². The molecule has 0 N–H and O–H groups in total. The first-order chi connectivity index (χ1) is 10.4. The average Bonchev–Trinajstić information content (AvgIpc) is 3.15. The summed E-state index contributed by atoms with van der Waals surface area (Å²) in [5.74, 6) is 2.82. The summed E-state index contributed by atoms with van der Waals surface area (Å²) < 4.78 is 0.375. The highest BCUT2D eigenvalue weighted by Crippen LogP contribution is 2.65. The molecule has 2 unspecified atom stereocenters. The number of alkyl halides is 1. The lowest BCUT2D eigenvalue weighted by molar-refractivity contribution is -0.139. The van der Waals surface area contributed by atoms with E-state index in [1.54, 1.807) is 0 Å². The second-order valence-corrected chi connectivity index (χ2v) is 11.1. The summed E-state index contributed by atoms with van der Waals surface area (Å²) in [7, 11) is 0. The quantitative estimate of drug-likeness (QED) is 0.641. The fourth-order valence-electron chi connectivity index (χ4n) is 6.20. The van der Waals surface area contributed by atoms with Gasteiger partial charge in [0, 0.05) is 23.3 Å². The molecule has 0 aliphatic heterocycles. The highest BCUT2D eigenvalue weighted by molar-refractivity contribution is 9.10. The summed E-state index contributed by atoms with van der Waals surface area (Å²) in [6.07, 6.45) is 11.3. The van der Waals surface area contributed by atoms with E-state index in [1.165, 1.54) is 51.4 Å². The van der Waals surface area contributed by atoms with Gasteiger partial charge < -0.3 is 4.90 Å². The van der Waals surface area contributed by atoms with E-state index in [0.717, 1.165) is 24.8 Å². The van der Waals surface area contributed by atoms with Crippen LogP contribution in [0.5, 0.6) is 0 Å². The van der Waals surface area contributed by atoms with Crippen LogP contribution < -0.4 is 0 Å². The Kier molecular flexibility index (Phi) is 3.68. The van der Waals surface area contributed by atoms with Crippen molar-refractivity contribution < 1.29 is 4.79 Å². The highest BCUT2D eigenvalue weighted by atomic mass is 79.9. The molecule has 5 rings (SSSR count). The van der Waals surface area contributed by atoms with Crippen molar-refractivity contribution in [2.24, 2.45) is 23.2 Å². The summed E-state index contributed by atoms with van der Waals surface area (Å²) in [4.78, 5) is 15.3. The molecule has 22 heavy (non-hydrogen) atoms. The summed E-state index contributed by atoms with van der Waals surface area (Å²) in [5.41, 5.74) is 0.328. The predicted molar refractivity (Wildman–Crippen MR) is 93.0 cm³/mol. The van der Waals surface area contributed by atoms with Crippen LogP contribution in [0.4, 0.5) is 0 Å². The zero-order chi connectivity index (χ0) is 15.5. The van der Waals surface area contributed by atoms with Gasteiger partial charge in [0.25, 0.3) is 0 Å². The fraction of sp³-hybridized carbons (Fsp3) is 0.947. The van der Waals surface area contributed by atoms with Crippen LogP contribution >= 0.6 is 15.9 Å². The van der Waals surface area contributed by atoms with Crippen LogP contribution in [-0.2, 0) is 4.79 Å². The first kappa shape index (κ1) is 15.5. The highest BCUT2D eigenvalue weighted by Gasteiger charge is 2.57. The molecular formula is C19H30BrNO. The molecule has 5 fully saturated rings. The van der Waals surface area contributed by atoms with E-state index >= 15 is 0 Å². The first-order valence-electron chi connectivity index (χ1n) is 9.35. The fourth-order valence-corrected chi connectivity index (χ4v) is 7.71. The molecule has 4 bridgehead atoms. The minimum Gasteiger partial charge on any atom is -0.339 e. The maximum absolute atomic E-state index is 13.1. The van der Waals surface area contributed by atoms with Crippen LogP contribution in [0.15, 0.2) is 0 Å². The zero-order valence-electron chi connectivity index (χ0n) is 14.1. The van der Waals surface area contributed by atoms with Crippen molar-refractivity contribution in [1.29, 1.82) is 0 Å². The average molecular weight is 368 g/mol. The molecule has 5 aliphatic carbocycles. The monoisotopic (exact) mass is 367 g/mol. The Labute approximate surface area is 143 Å². The summed E-state index contributed by atoms with van der Waals surface area (Å²) in [6.45, 7) is 5.44. The summed E-state index contributed by atoms with van der Waals surface area (Å²) in [5, 5.41) is 0. The van der Waals surface area contributed by atoms with Crippen molar-refractivity contribution >= 4 is 21.8 Å². The largest absolute Gasteiger partial charge is 0.339 e. The number of halogens is 1. The van der Waals surface area contributed by atoms with Gasteiger partial charge in [-0.2, -0.15) is 0 Å². The summed E-state index contributed by atoms with van der Waals surface area (Å²) >= 11 is 4.08. The third-order valence-corrected chi connectivity index (χ3v) is 7.43. The normalized spacial score (nSPS) is 42.9. The van der Waals surface area contributed by atoms with Crippen LogP contribution in [0.3, 0.4) is 0 Å². The van der Waals surface area contributed by atoms with Gasteiger partial charge in [-0.15, -0.1) is 0 Å². The van der Waals surface area contributed by atoms with E-state index in [1.807, 2.05) is 0 Å². The molecule has 2 nitrogen and oxygen atoms in total. The lowest BCUT2D eigenvalue weighted by Crippen LogP contribution is -2.54. The predicted octanol–water partition coefficient (Wildman–Crippen LogP) is 4.76. The van der Waals surface area contributed by atoms with Gasteiger partial charge in [0.15, 0.2) is 0 Å². The smallest absolute Gasteiger partial charge is 0.223 e. The van der Waals surface area contributed by atoms with Crippen molar-refractivity contribution in [3.8, 4) is 0 Å². The van der Waals surface area contributed by atoms with Crippen LogP contribution in [0, 0.1) is 23.2 Å². The van der Waals surface area contributed by atoms with Gasteiger partial charge in [0.2, 0.25) is 5.91 Å². The van der Waals surface area contributed by atoms with E-state index in [-0.39, 0.29) is 0 Å². The van der Waals surface area contributed by atoms with Crippen LogP contribution in [0.25, 0.3) is 0 Å². The molecule has 0 spiro atoms. The van der Waals surface area contributed by atoms with Gasteiger partial charge >= 0.3 is 0 Å². The van der Waals surface area contributed by atoms with Gasteiger partial charge in [0.1, 0.15) is 0 Å². The Hall–Kier alpha value is -0.0500. The maximum Gasteiger partial charge on any atom is 0.223 e. The molecule has 3 heteroatoms. The van der Waals surface area contributed by atoms with Crippen molar-refractivity contribution in [2.45, 2.75) is 82.0 Å². The molecule has 0 radical (unpaired) electrons.